The van der Waals surface area contributed by atoms with Crippen LogP contribution in [0, 0.1) is 6.33 Å². The molecule has 0 aliphatic carbocycles. The number of rotatable bonds is 4. The van der Waals surface area contributed by atoms with Gasteiger partial charge in [0.1, 0.15) is 17.3 Å². The lowest BCUT2D eigenvalue weighted by Crippen LogP contribution is -2.29. The van der Waals surface area contributed by atoms with E-state index in [-0.39, 0.29) is 11.2 Å². The van der Waals surface area contributed by atoms with Crippen LogP contribution in [-0.2, 0) is 5.41 Å². The highest BCUT2D eigenvalue weighted by Gasteiger charge is 2.25. The molecular formula is C36H30N4O. The molecule has 0 spiro atoms. The third kappa shape index (κ3) is 4.18. The molecular weight excluding hydrogens is 504 g/mol. The monoisotopic (exact) mass is 534 g/mol. The van der Waals surface area contributed by atoms with Gasteiger partial charge in [-0.2, -0.15) is 0 Å². The predicted molar refractivity (Wildman–Crippen MR) is 164 cm³/mol. The minimum absolute atomic E-state index is 0.149. The van der Waals surface area contributed by atoms with Crippen molar-refractivity contribution >= 4 is 22.1 Å². The van der Waals surface area contributed by atoms with Crippen LogP contribution in [0.5, 0.6) is 5.75 Å². The maximum atomic E-state index is 10.6. The van der Waals surface area contributed by atoms with Crippen molar-refractivity contribution in [3.05, 3.63) is 133 Å². The van der Waals surface area contributed by atoms with E-state index in [0.29, 0.717) is 5.69 Å². The Kier molecular flexibility index (Phi) is 5.75. The molecule has 1 N–H and O–H groups in total. The van der Waals surface area contributed by atoms with E-state index in [2.05, 4.69) is 109 Å². The summed E-state index contributed by atoms with van der Waals surface area (Å²) in [5.74, 6) is 1.23. The van der Waals surface area contributed by atoms with Crippen molar-refractivity contribution in [3.8, 4) is 33.9 Å². The molecule has 0 aliphatic heterocycles. The standard InChI is InChI=1S/C36H30N4O/c1-36(2,3)35-37-34-28(17-12-21-32(34)40(35)26-14-5-4-6-15-26)25-13-11-16-27(23-25)38-24-39(30-19-8-7-18-29(30)38)31-20-9-10-22-33(31)41/h4-23,41H,1-3H3. The molecule has 0 saturated heterocycles. The number of benzene rings is 5. The molecule has 0 atom stereocenters. The molecule has 0 unspecified atom stereocenters. The van der Waals surface area contributed by atoms with Gasteiger partial charge in [0, 0.05) is 16.7 Å². The van der Waals surface area contributed by atoms with Gasteiger partial charge in [0.15, 0.2) is 0 Å². The fraction of sp³-hybridized carbons (Fsp3) is 0.111. The third-order valence-corrected chi connectivity index (χ3v) is 7.47. The Morgan fingerprint density at radius 2 is 1.39 bits per heavy atom. The van der Waals surface area contributed by atoms with Crippen molar-refractivity contribution in [1.29, 1.82) is 0 Å². The molecule has 2 heterocycles. The predicted octanol–water partition coefficient (Wildman–Crippen LogP) is 7.72. The average molecular weight is 535 g/mol. The maximum absolute atomic E-state index is 10.6. The summed E-state index contributed by atoms with van der Waals surface area (Å²) in [6.45, 7) is 6.63. The lowest BCUT2D eigenvalue weighted by atomic mass is 9.95. The van der Waals surface area contributed by atoms with Gasteiger partial charge < -0.3 is 5.11 Å². The van der Waals surface area contributed by atoms with Gasteiger partial charge in [-0.1, -0.05) is 99.6 Å². The van der Waals surface area contributed by atoms with E-state index < -0.39 is 0 Å². The first-order chi connectivity index (χ1) is 19.9. The fourth-order valence-corrected chi connectivity index (χ4v) is 5.57. The van der Waals surface area contributed by atoms with E-state index in [4.69, 9.17) is 4.98 Å². The van der Waals surface area contributed by atoms with Gasteiger partial charge in [-0.25, -0.2) is 4.98 Å². The molecule has 200 valence electrons. The summed E-state index contributed by atoms with van der Waals surface area (Å²) in [6, 6.07) is 40.9. The number of nitrogens with zero attached hydrogens (tertiary/aromatic N) is 4. The lowest BCUT2D eigenvalue weighted by Gasteiger charge is -2.20. The van der Waals surface area contributed by atoms with E-state index in [9.17, 15) is 5.11 Å². The summed E-state index contributed by atoms with van der Waals surface area (Å²) in [6.07, 6.45) is 3.49. The second-order valence-electron chi connectivity index (χ2n) is 11.3. The Balaban J connectivity index is 1.42. The zero-order chi connectivity index (χ0) is 28.1. The largest absolute Gasteiger partial charge is 0.511 e. The first-order valence-corrected chi connectivity index (χ1v) is 13.8. The third-order valence-electron chi connectivity index (χ3n) is 7.47. The Hall–Kier alpha value is -5.16. The number of hydrogen-bond acceptors (Lipinski definition) is 2. The summed E-state index contributed by atoms with van der Waals surface area (Å²) >= 11 is 0. The van der Waals surface area contributed by atoms with Crippen molar-refractivity contribution in [2.75, 3.05) is 0 Å². The van der Waals surface area contributed by atoms with Crippen molar-refractivity contribution in [1.82, 2.24) is 14.1 Å². The quantitative estimate of drug-likeness (QED) is 0.186. The maximum Gasteiger partial charge on any atom is 0.269 e. The molecule has 0 fully saturated rings. The van der Waals surface area contributed by atoms with Gasteiger partial charge in [-0.3, -0.25) is 13.7 Å². The van der Waals surface area contributed by atoms with Gasteiger partial charge >= 0.3 is 0 Å². The van der Waals surface area contributed by atoms with Crippen LogP contribution >= 0.6 is 0 Å². The Bertz CT molecular complexity index is 2040. The van der Waals surface area contributed by atoms with E-state index in [1.807, 2.05) is 47.0 Å². The summed E-state index contributed by atoms with van der Waals surface area (Å²) in [5, 5.41) is 10.6. The Morgan fingerprint density at radius 1 is 0.707 bits per heavy atom. The lowest BCUT2D eigenvalue weighted by molar-refractivity contribution is -0.573. The molecule has 7 aromatic rings. The first-order valence-electron chi connectivity index (χ1n) is 13.8. The van der Waals surface area contributed by atoms with Crippen molar-refractivity contribution in [3.63, 3.8) is 0 Å². The molecule has 5 nitrogen and oxygen atoms in total. The summed E-state index contributed by atoms with van der Waals surface area (Å²) in [7, 11) is 0. The van der Waals surface area contributed by atoms with Gasteiger partial charge in [-0.15, -0.1) is 0 Å². The summed E-state index contributed by atoms with van der Waals surface area (Å²) in [5.41, 5.74) is 8.78. The highest BCUT2D eigenvalue weighted by Crippen LogP contribution is 2.35. The summed E-state index contributed by atoms with van der Waals surface area (Å²) < 4.78 is 6.24. The zero-order valence-corrected chi connectivity index (χ0v) is 23.3. The van der Waals surface area contributed by atoms with E-state index >= 15 is 0 Å². The molecule has 0 bridgehead atoms. The van der Waals surface area contributed by atoms with Gasteiger partial charge in [0.25, 0.3) is 6.33 Å². The normalized spacial score (nSPS) is 11.9. The Morgan fingerprint density at radius 3 is 2.20 bits per heavy atom. The van der Waals surface area contributed by atoms with Crippen molar-refractivity contribution < 1.29 is 9.67 Å². The number of phenolic OH excluding ortho intramolecular Hbond substituents is 1. The molecule has 5 aromatic carbocycles. The molecule has 0 saturated carbocycles. The van der Waals surface area contributed by atoms with Crippen LogP contribution in [-0.4, -0.2) is 19.2 Å². The summed E-state index contributed by atoms with van der Waals surface area (Å²) in [4.78, 5) is 5.26. The minimum Gasteiger partial charge on any atom is -0.511 e. The number of imidazole rings is 2. The van der Waals surface area contributed by atoms with Crippen LogP contribution in [0.15, 0.2) is 121 Å². The van der Waals surface area contributed by atoms with Crippen LogP contribution < -0.4 is 4.57 Å². The SMILES string of the molecule is CC(C)(C)c1nc2c(-c3cccc(-n4[c-][n+](-c5ccccc5O)c5ccccc54)c3)cccc2n1-c1ccccc1. The number of aromatic nitrogens is 4. The Labute approximate surface area is 239 Å². The second-order valence-corrected chi connectivity index (χ2v) is 11.3. The molecule has 5 heteroatoms. The van der Waals surface area contributed by atoms with Crippen molar-refractivity contribution in [2.24, 2.45) is 0 Å². The average Bonchev–Trinajstić information content (AvgIpc) is 3.58. The molecule has 7 rings (SSSR count). The van der Waals surface area contributed by atoms with Gasteiger partial charge in [0.05, 0.1) is 27.8 Å². The molecule has 2 aromatic heterocycles. The van der Waals surface area contributed by atoms with Crippen LogP contribution in [0.25, 0.3) is 50.3 Å². The smallest absolute Gasteiger partial charge is 0.269 e. The number of hydrogen-bond donors (Lipinski definition) is 1. The van der Waals surface area contributed by atoms with Gasteiger partial charge in [0.2, 0.25) is 0 Å². The first kappa shape index (κ1) is 24.9. The van der Waals surface area contributed by atoms with Crippen LogP contribution in [0.3, 0.4) is 0 Å². The number of phenols is 1. The number of aromatic hydroxyl groups is 1. The molecule has 0 radical (unpaired) electrons. The molecule has 0 amide bonds. The van der Waals surface area contributed by atoms with E-state index in [1.54, 1.807) is 6.07 Å². The van der Waals surface area contributed by atoms with Crippen LogP contribution in [0.1, 0.15) is 26.6 Å². The zero-order valence-electron chi connectivity index (χ0n) is 23.3. The molecule has 41 heavy (non-hydrogen) atoms. The minimum atomic E-state index is -0.149. The highest BCUT2D eigenvalue weighted by atomic mass is 16.3. The highest BCUT2D eigenvalue weighted by molar-refractivity contribution is 5.94. The topological polar surface area (TPSA) is 46.9 Å². The van der Waals surface area contributed by atoms with Crippen molar-refractivity contribution in [2.45, 2.75) is 26.2 Å². The number of fused-ring (bicyclic) bond motifs is 2. The number of para-hydroxylation sites is 6. The van der Waals surface area contributed by atoms with Crippen LogP contribution in [0.4, 0.5) is 0 Å². The molecule has 0 aliphatic rings. The van der Waals surface area contributed by atoms with Crippen LogP contribution in [0.2, 0.25) is 0 Å². The van der Waals surface area contributed by atoms with E-state index in [0.717, 1.165) is 50.4 Å². The second kappa shape index (κ2) is 9.49. The van der Waals surface area contributed by atoms with E-state index in [1.165, 1.54) is 0 Å². The van der Waals surface area contributed by atoms with Gasteiger partial charge in [-0.05, 0) is 48.0 Å². The fourth-order valence-electron chi connectivity index (χ4n) is 5.57.